The van der Waals surface area contributed by atoms with Crippen molar-refractivity contribution < 1.29 is 4.79 Å². The number of aromatic nitrogens is 3. The number of fused-ring (bicyclic) bond motifs is 1. The van der Waals surface area contributed by atoms with Gasteiger partial charge < -0.3 is 14.9 Å². The fourth-order valence-electron chi connectivity index (χ4n) is 3.54. The molecule has 2 N–H and O–H groups in total. The molecule has 2 aromatic carbocycles. The fourth-order valence-corrected chi connectivity index (χ4v) is 3.54. The van der Waals surface area contributed by atoms with Crippen LogP contribution in [-0.4, -0.2) is 31.8 Å². The van der Waals surface area contributed by atoms with Crippen molar-refractivity contribution in [3.63, 3.8) is 0 Å². The van der Waals surface area contributed by atoms with Crippen molar-refractivity contribution in [2.75, 3.05) is 0 Å². The monoisotopic (exact) mass is 356 g/mol. The highest BCUT2D eigenvalue weighted by molar-refractivity contribution is 5.95. The smallest absolute Gasteiger partial charge is 0.254 e. The zero-order valence-electron chi connectivity index (χ0n) is 14.9. The van der Waals surface area contributed by atoms with Crippen LogP contribution in [0.1, 0.15) is 28.8 Å². The van der Waals surface area contributed by atoms with Crippen molar-refractivity contribution in [3.8, 4) is 11.4 Å². The molecule has 0 unspecified atom stereocenters. The number of H-pyrrole nitrogens is 2. The van der Waals surface area contributed by atoms with Crippen LogP contribution in [-0.2, 0) is 6.54 Å². The first kappa shape index (κ1) is 15.9. The molecule has 2 aromatic heterocycles. The Morgan fingerprint density at radius 2 is 2.00 bits per heavy atom. The van der Waals surface area contributed by atoms with Gasteiger partial charge in [0, 0.05) is 47.8 Å². The van der Waals surface area contributed by atoms with E-state index >= 15 is 0 Å². The first-order chi connectivity index (χ1) is 13.3. The van der Waals surface area contributed by atoms with Crippen LogP contribution < -0.4 is 0 Å². The summed E-state index contributed by atoms with van der Waals surface area (Å²) >= 11 is 0. The van der Waals surface area contributed by atoms with E-state index in [1.165, 1.54) is 5.39 Å². The van der Waals surface area contributed by atoms with Crippen molar-refractivity contribution in [2.45, 2.75) is 25.4 Å². The molecule has 0 aliphatic heterocycles. The van der Waals surface area contributed by atoms with Gasteiger partial charge in [0.15, 0.2) is 0 Å². The zero-order chi connectivity index (χ0) is 18.2. The van der Waals surface area contributed by atoms with Gasteiger partial charge in [0.1, 0.15) is 5.82 Å². The second kappa shape index (κ2) is 6.43. The summed E-state index contributed by atoms with van der Waals surface area (Å²) in [7, 11) is 0. The standard InChI is InChI=1S/C22H20N4O/c27-22(18-3-1-2-17(13-18)21-24-10-11-25-21)26(19-5-6-19)14-15-4-7-20-16(12-15)8-9-23-20/h1-4,7-13,19,23H,5-6,14H2,(H,24,25). The number of nitrogens with one attached hydrogen (secondary N) is 2. The predicted molar refractivity (Wildman–Crippen MR) is 105 cm³/mol. The van der Waals surface area contributed by atoms with E-state index in [1.807, 2.05) is 35.4 Å². The van der Waals surface area contributed by atoms with Gasteiger partial charge in [-0.2, -0.15) is 0 Å². The van der Waals surface area contributed by atoms with E-state index in [0.717, 1.165) is 35.3 Å². The third-order valence-electron chi connectivity index (χ3n) is 5.10. The number of benzene rings is 2. The van der Waals surface area contributed by atoms with Gasteiger partial charge in [-0.05, 0) is 54.1 Å². The topological polar surface area (TPSA) is 64.8 Å². The summed E-state index contributed by atoms with van der Waals surface area (Å²) < 4.78 is 0. The third-order valence-corrected chi connectivity index (χ3v) is 5.10. The summed E-state index contributed by atoms with van der Waals surface area (Å²) in [4.78, 5) is 25.9. The number of rotatable bonds is 5. The summed E-state index contributed by atoms with van der Waals surface area (Å²) in [6, 6.07) is 16.4. The van der Waals surface area contributed by atoms with Gasteiger partial charge in [-0.25, -0.2) is 4.98 Å². The molecule has 134 valence electrons. The van der Waals surface area contributed by atoms with Crippen molar-refractivity contribution in [3.05, 3.63) is 78.2 Å². The van der Waals surface area contributed by atoms with Crippen LogP contribution in [0, 0.1) is 0 Å². The minimum absolute atomic E-state index is 0.0834. The Kier molecular flexibility index (Phi) is 3.78. The molecular weight excluding hydrogens is 336 g/mol. The van der Waals surface area contributed by atoms with Crippen LogP contribution in [0.15, 0.2) is 67.1 Å². The number of carbonyl (C=O) groups is 1. The fraction of sp³-hybridized carbons (Fsp3) is 0.182. The molecule has 5 heteroatoms. The Morgan fingerprint density at radius 1 is 1.07 bits per heavy atom. The molecule has 0 saturated heterocycles. The lowest BCUT2D eigenvalue weighted by atomic mass is 10.1. The number of amides is 1. The van der Waals surface area contributed by atoms with E-state index in [0.29, 0.717) is 18.2 Å². The summed E-state index contributed by atoms with van der Waals surface area (Å²) in [6.45, 7) is 0.635. The number of nitrogens with zero attached hydrogens (tertiary/aromatic N) is 2. The lowest BCUT2D eigenvalue weighted by molar-refractivity contribution is 0.0730. The van der Waals surface area contributed by atoms with Crippen LogP contribution in [0.2, 0.25) is 0 Å². The lowest BCUT2D eigenvalue weighted by Crippen LogP contribution is -2.32. The third kappa shape index (κ3) is 3.12. The molecule has 0 bridgehead atoms. The van der Waals surface area contributed by atoms with E-state index < -0.39 is 0 Å². The van der Waals surface area contributed by atoms with E-state index in [2.05, 4.69) is 39.2 Å². The van der Waals surface area contributed by atoms with Crippen LogP contribution in [0.4, 0.5) is 0 Å². The first-order valence-corrected chi connectivity index (χ1v) is 9.25. The second-order valence-electron chi connectivity index (χ2n) is 7.08. The summed E-state index contributed by atoms with van der Waals surface area (Å²) in [5.41, 5.74) is 3.91. The van der Waals surface area contributed by atoms with Crippen LogP contribution >= 0.6 is 0 Å². The second-order valence-corrected chi connectivity index (χ2v) is 7.08. The van der Waals surface area contributed by atoms with E-state index in [9.17, 15) is 4.79 Å². The maximum atomic E-state index is 13.3. The molecule has 0 radical (unpaired) electrons. The number of carbonyl (C=O) groups excluding carboxylic acids is 1. The molecule has 0 spiro atoms. The largest absolute Gasteiger partial charge is 0.361 e. The molecule has 5 nitrogen and oxygen atoms in total. The van der Waals surface area contributed by atoms with Gasteiger partial charge in [0.2, 0.25) is 0 Å². The highest BCUT2D eigenvalue weighted by Crippen LogP contribution is 2.31. The highest BCUT2D eigenvalue weighted by atomic mass is 16.2. The Hall–Kier alpha value is -3.34. The van der Waals surface area contributed by atoms with Crippen LogP contribution in [0.25, 0.3) is 22.3 Å². The molecule has 4 aromatic rings. The summed E-state index contributed by atoms with van der Waals surface area (Å²) in [5, 5.41) is 1.18. The quantitative estimate of drug-likeness (QED) is 0.558. The average Bonchev–Trinajstić information content (AvgIpc) is 3.19. The molecule has 1 saturated carbocycles. The Bertz CT molecular complexity index is 1090. The SMILES string of the molecule is O=C(c1cccc(-c2ncc[nH]2)c1)N(Cc1ccc2[nH]ccc2c1)C1CC1. The summed E-state index contributed by atoms with van der Waals surface area (Å²) in [5.74, 6) is 0.862. The van der Waals surface area contributed by atoms with E-state index in [4.69, 9.17) is 0 Å². The molecule has 2 heterocycles. The van der Waals surface area contributed by atoms with Gasteiger partial charge >= 0.3 is 0 Å². The minimum atomic E-state index is 0.0834. The predicted octanol–water partition coefficient (Wildman–Crippen LogP) is 4.36. The molecule has 27 heavy (non-hydrogen) atoms. The average molecular weight is 356 g/mol. The number of hydrogen-bond acceptors (Lipinski definition) is 2. The van der Waals surface area contributed by atoms with Gasteiger partial charge in [0.05, 0.1) is 0 Å². The van der Waals surface area contributed by atoms with Gasteiger partial charge in [0.25, 0.3) is 5.91 Å². The number of imidazole rings is 1. The molecule has 5 rings (SSSR count). The number of aromatic amines is 2. The van der Waals surface area contributed by atoms with E-state index in [1.54, 1.807) is 12.4 Å². The zero-order valence-corrected chi connectivity index (χ0v) is 14.9. The number of hydrogen-bond donors (Lipinski definition) is 2. The van der Waals surface area contributed by atoms with Crippen molar-refractivity contribution in [1.82, 2.24) is 19.9 Å². The maximum absolute atomic E-state index is 13.3. The van der Waals surface area contributed by atoms with Crippen LogP contribution in [0.5, 0.6) is 0 Å². The first-order valence-electron chi connectivity index (χ1n) is 9.25. The van der Waals surface area contributed by atoms with Gasteiger partial charge in [-0.3, -0.25) is 4.79 Å². The molecule has 0 atom stereocenters. The highest BCUT2D eigenvalue weighted by Gasteiger charge is 2.33. The normalized spacial score (nSPS) is 13.8. The molecule has 1 aliphatic carbocycles. The van der Waals surface area contributed by atoms with E-state index in [-0.39, 0.29) is 5.91 Å². The Balaban J connectivity index is 1.43. The molecule has 1 amide bonds. The minimum Gasteiger partial charge on any atom is -0.361 e. The Morgan fingerprint density at radius 3 is 2.81 bits per heavy atom. The molecule has 1 aliphatic rings. The van der Waals surface area contributed by atoms with Crippen molar-refractivity contribution in [1.29, 1.82) is 0 Å². The van der Waals surface area contributed by atoms with Crippen LogP contribution in [0.3, 0.4) is 0 Å². The van der Waals surface area contributed by atoms with Crippen molar-refractivity contribution in [2.24, 2.45) is 0 Å². The van der Waals surface area contributed by atoms with Gasteiger partial charge in [-0.15, -0.1) is 0 Å². The Labute approximate surface area is 157 Å². The lowest BCUT2D eigenvalue weighted by Gasteiger charge is -2.23. The summed E-state index contributed by atoms with van der Waals surface area (Å²) in [6.07, 6.45) is 7.61. The molecular formula is C22H20N4O. The maximum Gasteiger partial charge on any atom is 0.254 e. The van der Waals surface area contributed by atoms with Crippen molar-refractivity contribution >= 4 is 16.8 Å². The van der Waals surface area contributed by atoms with Gasteiger partial charge in [-0.1, -0.05) is 18.2 Å². The molecule has 1 fully saturated rings.